The molecule has 1 saturated carbocycles. The normalized spacial score (nSPS) is 22.9. The third-order valence-corrected chi connectivity index (χ3v) is 4.75. The fourth-order valence-electron chi connectivity index (χ4n) is 2.58. The van der Waals surface area contributed by atoms with Crippen LogP contribution in [0.3, 0.4) is 0 Å². The second-order valence-corrected chi connectivity index (χ2v) is 6.20. The molecule has 0 spiro atoms. The molecule has 102 valence electrons. The lowest BCUT2D eigenvalue weighted by atomic mass is 9.97. The zero-order chi connectivity index (χ0) is 12.8. The van der Waals surface area contributed by atoms with E-state index in [9.17, 15) is 4.79 Å². The molecule has 0 atom stereocenters. The Morgan fingerprint density at radius 3 is 2.56 bits per heavy atom. The number of carbonyl (C=O) groups is 1. The highest BCUT2D eigenvalue weighted by Crippen LogP contribution is 2.26. The summed E-state index contributed by atoms with van der Waals surface area (Å²) in [5.74, 6) is 1.74. The van der Waals surface area contributed by atoms with Crippen LogP contribution in [0, 0.1) is 0 Å². The maximum absolute atomic E-state index is 12.2. The summed E-state index contributed by atoms with van der Waals surface area (Å²) in [4.78, 5) is 13.0. The van der Waals surface area contributed by atoms with Crippen LogP contribution < -0.4 is 5.32 Å². The number of amides is 1. The van der Waals surface area contributed by atoms with Crippen molar-refractivity contribution in [3.05, 3.63) is 10.7 Å². The van der Waals surface area contributed by atoms with Gasteiger partial charge in [0.15, 0.2) is 0 Å². The van der Waals surface area contributed by atoms with E-state index in [1.807, 2.05) is 6.92 Å². The first-order valence-corrected chi connectivity index (χ1v) is 8.03. The molecule has 0 bridgehead atoms. The Balaban J connectivity index is 1.89. The molecular weight excluding hydrogens is 246 g/mol. The first-order valence-electron chi connectivity index (χ1n) is 7.04. The van der Waals surface area contributed by atoms with E-state index in [-0.39, 0.29) is 5.91 Å². The van der Waals surface area contributed by atoms with Crippen molar-refractivity contribution in [3.8, 4) is 0 Å². The van der Waals surface area contributed by atoms with Crippen LogP contribution in [0.1, 0.15) is 51.9 Å². The van der Waals surface area contributed by atoms with Gasteiger partial charge in [0.05, 0.1) is 6.61 Å². The van der Waals surface area contributed by atoms with Gasteiger partial charge in [0, 0.05) is 11.8 Å². The quantitative estimate of drug-likeness (QED) is 0.836. The smallest absolute Gasteiger partial charge is 0.261 e. The van der Waals surface area contributed by atoms with Gasteiger partial charge in [-0.1, -0.05) is 32.1 Å². The zero-order valence-corrected chi connectivity index (χ0v) is 12.0. The average Bonchev–Trinajstić information content (AvgIpc) is 2.33. The van der Waals surface area contributed by atoms with Crippen LogP contribution in [-0.2, 0) is 9.53 Å². The van der Waals surface area contributed by atoms with Gasteiger partial charge in [-0.15, -0.1) is 11.8 Å². The second kappa shape index (κ2) is 7.07. The highest BCUT2D eigenvalue weighted by Gasteiger charge is 2.21. The molecule has 1 fully saturated rings. The number of nitrogens with one attached hydrogen (secondary N) is 1. The summed E-state index contributed by atoms with van der Waals surface area (Å²) in [7, 11) is 0. The average molecular weight is 269 g/mol. The summed E-state index contributed by atoms with van der Waals surface area (Å²) in [6, 6.07) is 0.362. The summed E-state index contributed by atoms with van der Waals surface area (Å²) in [6.07, 6.45) is 8.72. The van der Waals surface area contributed by atoms with Gasteiger partial charge < -0.3 is 10.1 Å². The van der Waals surface area contributed by atoms with E-state index in [0.29, 0.717) is 6.04 Å². The molecule has 18 heavy (non-hydrogen) atoms. The largest absolute Gasteiger partial charge is 0.496 e. The number of ether oxygens (including phenoxy) is 1. The first-order chi connectivity index (χ1) is 8.77. The molecule has 1 heterocycles. The summed E-state index contributed by atoms with van der Waals surface area (Å²) in [5.41, 5.74) is 0. The van der Waals surface area contributed by atoms with E-state index in [1.54, 1.807) is 11.8 Å². The molecule has 0 unspecified atom stereocenters. The third kappa shape index (κ3) is 3.94. The maximum atomic E-state index is 12.2. The molecule has 0 saturated heterocycles. The lowest BCUT2D eigenvalue weighted by molar-refractivity contribution is -0.117. The van der Waals surface area contributed by atoms with Crippen LogP contribution in [0.2, 0.25) is 0 Å². The molecule has 4 heteroatoms. The fourth-order valence-corrected chi connectivity index (χ4v) is 3.41. The van der Waals surface area contributed by atoms with Crippen molar-refractivity contribution in [1.29, 1.82) is 0 Å². The second-order valence-electron chi connectivity index (χ2n) is 5.10. The number of carbonyl (C=O) groups excluding carboxylic acids is 1. The molecule has 0 radical (unpaired) electrons. The number of hydrogen-bond donors (Lipinski definition) is 1. The molecule has 1 aliphatic heterocycles. The molecule has 1 N–H and O–H groups in total. The summed E-state index contributed by atoms with van der Waals surface area (Å²) >= 11 is 1.62. The van der Waals surface area contributed by atoms with E-state index in [4.69, 9.17) is 4.74 Å². The van der Waals surface area contributed by atoms with Gasteiger partial charge in [-0.3, -0.25) is 4.79 Å². The third-order valence-electron chi connectivity index (χ3n) is 3.61. The van der Waals surface area contributed by atoms with Crippen LogP contribution in [0.15, 0.2) is 10.7 Å². The number of allylic oxidation sites excluding steroid dienone is 1. The molecule has 0 aromatic carbocycles. The van der Waals surface area contributed by atoms with E-state index >= 15 is 0 Å². The van der Waals surface area contributed by atoms with Crippen LogP contribution >= 0.6 is 11.8 Å². The summed E-state index contributed by atoms with van der Waals surface area (Å²) in [6.45, 7) is 2.61. The number of thioether (sulfide) groups is 1. The van der Waals surface area contributed by atoms with E-state index in [1.165, 1.54) is 32.1 Å². The van der Waals surface area contributed by atoms with Gasteiger partial charge in [-0.05, 0) is 19.8 Å². The van der Waals surface area contributed by atoms with Crippen molar-refractivity contribution < 1.29 is 9.53 Å². The van der Waals surface area contributed by atoms with Gasteiger partial charge in [-0.2, -0.15) is 0 Å². The predicted octanol–water partition coefficient (Wildman–Crippen LogP) is 3.21. The topological polar surface area (TPSA) is 38.3 Å². The molecule has 1 amide bonds. The van der Waals surface area contributed by atoms with Crippen LogP contribution in [-0.4, -0.2) is 24.3 Å². The summed E-state index contributed by atoms with van der Waals surface area (Å²) in [5, 5.41) is 3.19. The lowest BCUT2D eigenvalue weighted by Crippen LogP contribution is -2.36. The van der Waals surface area contributed by atoms with Crippen LogP contribution in [0.5, 0.6) is 0 Å². The Bertz CT molecular complexity index is 320. The lowest BCUT2D eigenvalue weighted by Gasteiger charge is -2.23. The Kier molecular flexibility index (Phi) is 5.42. The molecule has 2 rings (SSSR count). The van der Waals surface area contributed by atoms with Crippen molar-refractivity contribution in [1.82, 2.24) is 5.32 Å². The van der Waals surface area contributed by atoms with Crippen molar-refractivity contribution in [2.75, 3.05) is 12.4 Å². The van der Waals surface area contributed by atoms with E-state index in [0.717, 1.165) is 35.9 Å². The Morgan fingerprint density at radius 1 is 1.22 bits per heavy atom. The highest BCUT2D eigenvalue weighted by atomic mass is 32.2. The minimum absolute atomic E-state index is 0.0720. The van der Waals surface area contributed by atoms with Crippen molar-refractivity contribution >= 4 is 17.7 Å². The summed E-state index contributed by atoms with van der Waals surface area (Å²) < 4.78 is 5.44. The van der Waals surface area contributed by atoms with Crippen molar-refractivity contribution in [2.45, 2.75) is 57.9 Å². The fraction of sp³-hybridized carbons (Fsp3) is 0.786. The van der Waals surface area contributed by atoms with Gasteiger partial charge in [0.2, 0.25) is 0 Å². The molecule has 0 aromatic rings. The number of rotatable bonds is 2. The Hall–Kier alpha value is -0.640. The Labute approximate surface area is 114 Å². The molecule has 2 aliphatic rings. The Morgan fingerprint density at radius 2 is 1.89 bits per heavy atom. The molecule has 0 aromatic heterocycles. The predicted molar refractivity (Wildman–Crippen MR) is 75.4 cm³/mol. The van der Waals surface area contributed by atoms with Gasteiger partial charge >= 0.3 is 0 Å². The van der Waals surface area contributed by atoms with Crippen molar-refractivity contribution in [2.24, 2.45) is 0 Å². The first kappa shape index (κ1) is 13.8. The van der Waals surface area contributed by atoms with Gasteiger partial charge in [-0.25, -0.2) is 0 Å². The van der Waals surface area contributed by atoms with Gasteiger partial charge in [0.1, 0.15) is 10.7 Å². The maximum Gasteiger partial charge on any atom is 0.261 e. The monoisotopic (exact) mass is 269 g/mol. The van der Waals surface area contributed by atoms with E-state index in [2.05, 4.69) is 5.32 Å². The van der Waals surface area contributed by atoms with E-state index < -0.39 is 0 Å². The SMILES string of the molecule is CC1=C(C(=O)NC2CCCCCCC2)SCCO1. The molecule has 3 nitrogen and oxygen atoms in total. The standard InChI is InChI=1S/C14H23NO2S/c1-11-13(18-10-9-17-11)14(16)15-12-7-5-3-2-4-6-8-12/h12H,2-10H2,1H3,(H,15,16). The zero-order valence-electron chi connectivity index (χ0n) is 11.2. The molecular formula is C14H23NO2S. The minimum atomic E-state index is 0.0720. The van der Waals surface area contributed by atoms with Crippen LogP contribution in [0.4, 0.5) is 0 Å². The highest BCUT2D eigenvalue weighted by molar-refractivity contribution is 8.04. The van der Waals surface area contributed by atoms with Gasteiger partial charge in [0.25, 0.3) is 5.91 Å². The molecule has 1 aliphatic carbocycles. The van der Waals surface area contributed by atoms with Crippen molar-refractivity contribution in [3.63, 3.8) is 0 Å². The number of hydrogen-bond acceptors (Lipinski definition) is 3. The minimum Gasteiger partial charge on any atom is -0.496 e. The van der Waals surface area contributed by atoms with Crippen LogP contribution in [0.25, 0.3) is 0 Å².